The Kier molecular flexibility index (Phi) is 10.4. The lowest BCUT2D eigenvalue weighted by Crippen LogP contribution is -2.37. The van der Waals surface area contributed by atoms with Crippen LogP contribution in [0.1, 0.15) is 23.6 Å². The molecule has 0 spiro atoms. The van der Waals surface area contributed by atoms with Crippen molar-refractivity contribution in [3.8, 4) is 5.69 Å². The molecule has 0 aliphatic carbocycles. The average Bonchev–Trinajstić information content (AvgIpc) is 3.31. The molecule has 0 atom stereocenters. The summed E-state index contributed by atoms with van der Waals surface area (Å²) < 4.78 is 7.29. The highest BCUT2D eigenvalue weighted by Crippen LogP contribution is 2.09. The van der Waals surface area contributed by atoms with Crippen LogP contribution in [0.5, 0.6) is 0 Å². The van der Waals surface area contributed by atoms with Gasteiger partial charge in [-0.3, -0.25) is 4.99 Å². The molecule has 1 aromatic heterocycles. The predicted octanol–water partition coefficient (Wildman–Crippen LogP) is 3.93. The molecular formula is C23H30IN5O. The first-order chi connectivity index (χ1) is 14.3. The molecule has 0 aliphatic rings. The molecule has 0 bridgehead atoms. The molecule has 0 fully saturated rings. The summed E-state index contributed by atoms with van der Waals surface area (Å²) >= 11 is 0. The molecule has 3 aromatic rings. The third-order valence-electron chi connectivity index (χ3n) is 4.59. The number of rotatable bonds is 9. The molecule has 1 heterocycles. The number of nitrogens with zero attached hydrogens (tertiary/aromatic N) is 3. The average molecular weight is 519 g/mol. The van der Waals surface area contributed by atoms with Gasteiger partial charge in [0.05, 0.1) is 12.3 Å². The minimum atomic E-state index is 0. The van der Waals surface area contributed by atoms with E-state index in [-0.39, 0.29) is 24.0 Å². The van der Waals surface area contributed by atoms with Crippen molar-refractivity contribution in [3.05, 3.63) is 83.7 Å². The number of benzene rings is 2. The van der Waals surface area contributed by atoms with Gasteiger partial charge in [-0.25, -0.2) is 4.68 Å². The highest BCUT2D eigenvalue weighted by atomic mass is 127. The van der Waals surface area contributed by atoms with Crippen molar-refractivity contribution in [3.63, 3.8) is 0 Å². The van der Waals surface area contributed by atoms with Crippen molar-refractivity contribution in [2.75, 3.05) is 20.2 Å². The second kappa shape index (κ2) is 13.0. The van der Waals surface area contributed by atoms with E-state index in [9.17, 15) is 0 Å². The zero-order valence-corrected chi connectivity index (χ0v) is 19.9. The van der Waals surface area contributed by atoms with Crippen LogP contribution in [-0.2, 0) is 24.3 Å². The highest BCUT2D eigenvalue weighted by Gasteiger charge is 2.01. The van der Waals surface area contributed by atoms with Crippen molar-refractivity contribution < 1.29 is 4.74 Å². The molecule has 7 heteroatoms. The number of aliphatic imine (C=N–C) groups is 1. The quantitative estimate of drug-likeness (QED) is 0.256. The molecule has 0 aliphatic heterocycles. The molecule has 2 N–H and O–H groups in total. The minimum Gasteiger partial charge on any atom is -0.377 e. The number of guanidine groups is 1. The molecular weight excluding hydrogens is 489 g/mol. The van der Waals surface area contributed by atoms with Crippen LogP contribution in [0.3, 0.4) is 0 Å². The number of halogens is 1. The molecule has 0 unspecified atom stereocenters. The van der Waals surface area contributed by atoms with E-state index in [0.717, 1.165) is 37.8 Å². The molecule has 30 heavy (non-hydrogen) atoms. The normalized spacial score (nSPS) is 11.1. The zero-order chi connectivity index (χ0) is 20.3. The molecule has 160 valence electrons. The lowest BCUT2D eigenvalue weighted by Gasteiger charge is -2.12. The summed E-state index contributed by atoms with van der Waals surface area (Å²) in [5, 5.41) is 11.0. The molecule has 0 radical (unpaired) electrons. The van der Waals surface area contributed by atoms with Crippen molar-refractivity contribution in [1.29, 1.82) is 0 Å². The Morgan fingerprint density at radius 3 is 2.33 bits per heavy atom. The smallest absolute Gasteiger partial charge is 0.191 e. The van der Waals surface area contributed by atoms with E-state index in [4.69, 9.17) is 4.74 Å². The summed E-state index contributed by atoms with van der Waals surface area (Å²) in [6.07, 6.45) is 4.65. The maximum atomic E-state index is 5.43. The van der Waals surface area contributed by atoms with Gasteiger partial charge in [-0.15, -0.1) is 24.0 Å². The fraction of sp³-hybridized carbons (Fsp3) is 0.304. The van der Waals surface area contributed by atoms with E-state index in [1.165, 1.54) is 16.7 Å². The number of nitrogens with one attached hydrogen (secondary N) is 2. The van der Waals surface area contributed by atoms with Crippen LogP contribution in [0.2, 0.25) is 0 Å². The number of ether oxygens (including phenoxy) is 1. The first-order valence-corrected chi connectivity index (χ1v) is 9.97. The second-order valence-corrected chi connectivity index (χ2v) is 6.67. The monoisotopic (exact) mass is 519 g/mol. The Labute approximate surface area is 195 Å². The van der Waals surface area contributed by atoms with Gasteiger partial charge < -0.3 is 15.4 Å². The molecule has 2 aromatic carbocycles. The Morgan fingerprint density at radius 2 is 1.70 bits per heavy atom. The van der Waals surface area contributed by atoms with Crippen LogP contribution in [0.25, 0.3) is 5.69 Å². The Bertz CT molecular complexity index is 877. The maximum absolute atomic E-state index is 5.43. The van der Waals surface area contributed by atoms with E-state index in [0.29, 0.717) is 6.61 Å². The largest absolute Gasteiger partial charge is 0.377 e. The standard InChI is InChI=1S/C23H29N5O.HI/c1-3-29-18-21-7-5-20(6-8-21)17-26-23(24-2)25-15-13-19-9-11-22(12-10-19)28-16-4-14-27-28;/h4-12,14,16H,3,13,15,17-18H2,1-2H3,(H2,24,25,26);1H. The fourth-order valence-electron chi connectivity index (χ4n) is 2.94. The second-order valence-electron chi connectivity index (χ2n) is 6.67. The van der Waals surface area contributed by atoms with Crippen LogP contribution < -0.4 is 10.6 Å². The molecule has 0 saturated heterocycles. The SMILES string of the molecule is CCOCc1ccc(CNC(=NC)NCCc2ccc(-n3cccn3)cc2)cc1.I. The number of hydrogen-bond donors (Lipinski definition) is 2. The third kappa shape index (κ3) is 7.46. The summed E-state index contributed by atoms with van der Waals surface area (Å²) in [7, 11) is 1.79. The first kappa shape index (κ1) is 23.9. The van der Waals surface area contributed by atoms with Gasteiger partial charge >= 0.3 is 0 Å². The van der Waals surface area contributed by atoms with Crippen molar-refractivity contribution in [2.45, 2.75) is 26.5 Å². The molecule has 0 amide bonds. The van der Waals surface area contributed by atoms with Gasteiger partial charge in [0.2, 0.25) is 0 Å². The maximum Gasteiger partial charge on any atom is 0.191 e. The van der Waals surface area contributed by atoms with Crippen LogP contribution in [0.15, 0.2) is 72.0 Å². The minimum absolute atomic E-state index is 0. The number of aromatic nitrogens is 2. The van der Waals surface area contributed by atoms with E-state index in [1.807, 2.05) is 23.9 Å². The van der Waals surface area contributed by atoms with Gasteiger partial charge in [0.25, 0.3) is 0 Å². The van der Waals surface area contributed by atoms with Crippen molar-refractivity contribution in [2.24, 2.45) is 4.99 Å². The summed E-state index contributed by atoms with van der Waals surface area (Å²) in [4.78, 5) is 4.30. The number of hydrogen-bond acceptors (Lipinski definition) is 3. The third-order valence-corrected chi connectivity index (χ3v) is 4.59. The molecule has 0 saturated carbocycles. The van der Waals surface area contributed by atoms with Crippen LogP contribution in [-0.4, -0.2) is 35.9 Å². The first-order valence-electron chi connectivity index (χ1n) is 9.97. The van der Waals surface area contributed by atoms with Gasteiger partial charge in [0.15, 0.2) is 5.96 Å². The Hall–Kier alpha value is -2.39. The van der Waals surface area contributed by atoms with Crippen LogP contribution in [0, 0.1) is 0 Å². The van der Waals surface area contributed by atoms with E-state index in [1.54, 1.807) is 13.2 Å². The fourth-order valence-corrected chi connectivity index (χ4v) is 2.94. The van der Waals surface area contributed by atoms with Crippen LogP contribution in [0.4, 0.5) is 0 Å². The van der Waals surface area contributed by atoms with Crippen molar-refractivity contribution >= 4 is 29.9 Å². The lowest BCUT2D eigenvalue weighted by molar-refractivity contribution is 0.134. The summed E-state index contributed by atoms with van der Waals surface area (Å²) in [5.74, 6) is 0.802. The van der Waals surface area contributed by atoms with Gasteiger partial charge in [0, 0.05) is 39.1 Å². The molecule has 3 rings (SSSR count). The van der Waals surface area contributed by atoms with E-state index >= 15 is 0 Å². The van der Waals surface area contributed by atoms with Gasteiger partial charge in [-0.1, -0.05) is 36.4 Å². The summed E-state index contributed by atoms with van der Waals surface area (Å²) in [6.45, 7) is 4.95. The topological polar surface area (TPSA) is 63.5 Å². The van der Waals surface area contributed by atoms with Gasteiger partial charge in [-0.2, -0.15) is 5.10 Å². The summed E-state index contributed by atoms with van der Waals surface area (Å²) in [5.41, 5.74) is 4.74. The van der Waals surface area contributed by atoms with Gasteiger partial charge in [-0.05, 0) is 48.2 Å². The molecule has 6 nitrogen and oxygen atoms in total. The van der Waals surface area contributed by atoms with E-state index in [2.05, 4.69) is 69.3 Å². The Balaban J connectivity index is 0.00000320. The van der Waals surface area contributed by atoms with Crippen LogP contribution >= 0.6 is 24.0 Å². The van der Waals surface area contributed by atoms with E-state index < -0.39 is 0 Å². The predicted molar refractivity (Wildman–Crippen MR) is 133 cm³/mol. The van der Waals surface area contributed by atoms with Crippen molar-refractivity contribution in [1.82, 2.24) is 20.4 Å². The van der Waals surface area contributed by atoms with Gasteiger partial charge in [0.1, 0.15) is 0 Å². The Morgan fingerprint density at radius 1 is 1.00 bits per heavy atom. The summed E-state index contributed by atoms with van der Waals surface area (Å²) in [6, 6.07) is 18.8. The lowest BCUT2D eigenvalue weighted by atomic mass is 10.1. The zero-order valence-electron chi connectivity index (χ0n) is 17.5. The highest BCUT2D eigenvalue weighted by molar-refractivity contribution is 14.0.